The molecule has 3 rings (SSSR count). The van der Waals surface area contributed by atoms with Crippen LogP contribution in [0.2, 0.25) is 0 Å². The fourth-order valence-electron chi connectivity index (χ4n) is 2.43. The molecule has 0 saturated heterocycles. The molecule has 0 aliphatic carbocycles. The van der Waals surface area contributed by atoms with Gasteiger partial charge in [0, 0.05) is 11.8 Å². The minimum atomic E-state index is -4.45. The maximum atomic E-state index is 12.7. The Bertz CT molecular complexity index is 1250. The quantitative estimate of drug-likeness (QED) is 0.430. The first-order chi connectivity index (χ1) is 13.8. The van der Waals surface area contributed by atoms with E-state index in [1.165, 1.54) is 0 Å². The Labute approximate surface area is 165 Å². The summed E-state index contributed by atoms with van der Waals surface area (Å²) < 4.78 is 25.4. The number of hydrazine groups is 2. The largest absolute Gasteiger partial charge is 0.325 e. The summed E-state index contributed by atoms with van der Waals surface area (Å²) in [6.45, 7) is 1.79. The maximum absolute atomic E-state index is 12.7. The van der Waals surface area contributed by atoms with Crippen molar-refractivity contribution in [3.63, 3.8) is 0 Å². The van der Waals surface area contributed by atoms with Gasteiger partial charge in [-0.15, -0.1) is 4.83 Å². The van der Waals surface area contributed by atoms with Crippen molar-refractivity contribution in [2.45, 2.75) is 11.8 Å². The molecule has 1 amide bonds. The number of aryl methyl sites for hydroxylation is 1. The number of aromatic amines is 2. The van der Waals surface area contributed by atoms with E-state index in [1.807, 2.05) is 4.98 Å². The Hall–Kier alpha value is -3.70. The summed E-state index contributed by atoms with van der Waals surface area (Å²) in [6, 6.07) is 14.8. The van der Waals surface area contributed by atoms with Crippen molar-refractivity contribution in [2.24, 2.45) is 0 Å². The van der Waals surface area contributed by atoms with Gasteiger partial charge >= 0.3 is 5.69 Å². The first-order valence-corrected chi connectivity index (χ1v) is 9.82. The van der Waals surface area contributed by atoms with Gasteiger partial charge in [-0.1, -0.05) is 30.3 Å². The zero-order valence-electron chi connectivity index (χ0n) is 15.2. The van der Waals surface area contributed by atoms with Crippen LogP contribution in [0.3, 0.4) is 0 Å². The van der Waals surface area contributed by atoms with Crippen molar-refractivity contribution >= 4 is 21.6 Å². The third kappa shape index (κ3) is 4.78. The lowest BCUT2D eigenvalue weighted by molar-refractivity contribution is 0.0947. The van der Waals surface area contributed by atoms with Crippen LogP contribution in [0.5, 0.6) is 0 Å². The molecular formula is C18H17N5O5S. The molecular weight excluding hydrogens is 398 g/mol. The Morgan fingerprint density at radius 1 is 1.03 bits per heavy atom. The van der Waals surface area contributed by atoms with E-state index >= 15 is 0 Å². The SMILES string of the molecule is Cc1cccc(N(NC(=O)c2ccccc2)NS(=O)(=O)c2c[nH]c(=O)[nH]c2=O)c1. The molecule has 0 saturated carbocycles. The zero-order valence-corrected chi connectivity index (χ0v) is 16.0. The molecule has 1 aromatic heterocycles. The summed E-state index contributed by atoms with van der Waals surface area (Å²) in [5.74, 6) is -0.579. The van der Waals surface area contributed by atoms with Crippen LogP contribution in [0, 0.1) is 6.92 Å². The van der Waals surface area contributed by atoms with Gasteiger partial charge in [-0.2, -0.15) is 0 Å². The summed E-state index contributed by atoms with van der Waals surface area (Å²) in [5, 5.41) is 0.891. The Balaban J connectivity index is 1.98. The molecule has 29 heavy (non-hydrogen) atoms. The molecule has 0 aliphatic rings. The number of rotatable bonds is 6. The van der Waals surface area contributed by atoms with E-state index < -0.39 is 32.1 Å². The molecule has 10 nitrogen and oxygen atoms in total. The molecule has 2 aromatic carbocycles. The van der Waals surface area contributed by atoms with Crippen LogP contribution in [-0.2, 0) is 10.0 Å². The highest BCUT2D eigenvalue weighted by atomic mass is 32.2. The highest BCUT2D eigenvalue weighted by Crippen LogP contribution is 2.14. The van der Waals surface area contributed by atoms with Crippen LogP contribution >= 0.6 is 0 Å². The monoisotopic (exact) mass is 415 g/mol. The van der Waals surface area contributed by atoms with E-state index in [0.717, 1.165) is 16.9 Å². The second kappa shape index (κ2) is 8.12. The van der Waals surface area contributed by atoms with Crippen LogP contribution in [0.15, 0.2) is 75.3 Å². The molecule has 0 aliphatic heterocycles. The van der Waals surface area contributed by atoms with E-state index in [-0.39, 0.29) is 0 Å². The lowest BCUT2D eigenvalue weighted by atomic mass is 10.2. The fourth-order valence-corrected chi connectivity index (χ4v) is 3.43. The molecule has 11 heteroatoms. The number of benzene rings is 2. The zero-order chi connectivity index (χ0) is 21.0. The van der Waals surface area contributed by atoms with Crippen molar-refractivity contribution in [1.82, 2.24) is 20.2 Å². The number of amides is 1. The number of nitrogens with zero attached hydrogens (tertiary/aromatic N) is 1. The number of anilines is 1. The number of hydrogen-bond acceptors (Lipinski definition) is 6. The van der Waals surface area contributed by atoms with Gasteiger partial charge in [-0.05, 0) is 36.8 Å². The highest BCUT2D eigenvalue weighted by molar-refractivity contribution is 7.89. The van der Waals surface area contributed by atoms with Gasteiger partial charge in [0.05, 0.1) is 5.69 Å². The van der Waals surface area contributed by atoms with E-state index in [1.54, 1.807) is 61.5 Å². The molecule has 3 aromatic rings. The predicted molar refractivity (Wildman–Crippen MR) is 106 cm³/mol. The van der Waals surface area contributed by atoms with Gasteiger partial charge in [0.2, 0.25) is 0 Å². The van der Waals surface area contributed by atoms with E-state index in [4.69, 9.17) is 0 Å². The molecule has 0 spiro atoms. The lowest BCUT2D eigenvalue weighted by Crippen LogP contribution is -2.54. The maximum Gasteiger partial charge on any atom is 0.325 e. The van der Waals surface area contributed by atoms with Gasteiger partial charge in [-0.3, -0.25) is 14.6 Å². The Kier molecular flexibility index (Phi) is 5.61. The first kappa shape index (κ1) is 20.0. The molecule has 1 heterocycles. The molecule has 150 valence electrons. The average molecular weight is 415 g/mol. The second-order valence-corrected chi connectivity index (χ2v) is 7.64. The standard InChI is InChI=1S/C18H17N5O5S/c1-12-6-5-9-14(10-12)23(21-16(24)13-7-3-2-4-8-13)22-29(27,28)15-11-19-18(26)20-17(15)25/h2-11,22H,1H3,(H,21,24)(H2,19,20,25,26). The minimum Gasteiger partial charge on any atom is -0.313 e. The Morgan fingerprint density at radius 2 is 1.76 bits per heavy atom. The number of aromatic nitrogens is 2. The topological polar surface area (TPSA) is 144 Å². The predicted octanol–water partition coefficient (Wildman–Crippen LogP) is 0.417. The third-order valence-electron chi connectivity index (χ3n) is 3.80. The smallest absolute Gasteiger partial charge is 0.313 e. The molecule has 0 unspecified atom stereocenters. The van der Waals surface area contributed by atoms with Gasteiger partial charge in [0.1, 0.15) is 0 Å². The molecule has 0 atom stereocenters. The van der Waals surface area contributed by atoms with Crippen LogP contribution in [-0.4, -0.2) is 24.3 Å². The van der Waals surface area contributed by atoms with Crippen LogP contribution in [0.4, 0.5) is 5.69 Å². The van der Waals surface area contributed by atoms with Crippen LogP contribution < -0.4 is 26.6 Å². The van der Waals surface area contributed by atoms with Crippen molar-refractivity contribution in [1.29, 1.82) is 0 Å². The second-order valence-electron chi connectivity index (χ2n) is 6.01. The summed E-state index contributed by atoms with van der Waals surface area (Å²) in [4.78, 5) is 41.0. The van der Waals surface area contributed by atoms with Crippen molar-refractivity contribution in [3.05, 3.63) is 92.8 Å². The number of nitrogens with one attached hydrogen (secondary N) is 4. The van der Waals surface area contributed by atoms with E-state index in [9.17, 15) is 22.8 Å². The number of carbonyl (C=O) groups is 1. The van der Waals surface area contributed by atoms with Crippen molar-refractivity contribution < 1.29 is 13.2 Å². The summed E-state index contributed by atoms with van der Waals surface area (Å²) in [5.41, 5.74) is 1.92. The van der Waals surface area contributed by atoms with E-state index in [0.29, 0.717) is 11.3 Å². The van der Waals surface area contributed by atoms with Gasteiger partial charge in [0.15, 0.2) is 4.90 Å². The van der Waals surface area contributed by atoms with Crippen LogP contribution in [0.1, 0.15) is 15.9 Å². The Morgan fingerprint density at radius 3 is 2.41 bits per heavy atom. The third-order valence-corrected chi connectivity index (χ3v) is 5.10. The molecule has 4 N–H and O–H groups in total. The number of carbonyl (C=O) groups excluding carboxylic acids is 1. The number of sulfonamides is 1. The van der Waals surface area contributed by atoms with Crippen molar-refractivity contribution in [2.75, 3.05) is 5.12 Å². The van der Waals surface area contributed by atoms with Gasteiger partial charge in [-0.25, -0.2) is 23.8 Å². The van der Waals surface area contributed by atoms with Gasteiger partial charge in [0.25, 0.3) is 21.5 Å². The van der Waals surface area contributed by atoms with Gasteiger partial charge < -0.3 is 4.98 Å². The van der Waals surface area contributed by atoms with Crippen molar-refractivity contribution in [3.8, 4) is 0 Å². The minimum absolute atomic E-state index is 0.297. The molecule has 0 fully saturated rings. The lowest BCUT2D eigenvalue weighted by Gasteiger charge is -2.25. The first-order valence-electron chi connectivity index (χ1n) is 8.33. The highest BCUT2D eigenvalue weighted by Gasteiger charge is 2.24. The summed E-state index contributed by atoms with van der Waals surface area (Å²) in [7, 11) is -4.45. The van der Waals surface area contributed by atoms with Crippen LogP contribution in [0.25, 0.3) is 0 Å². The summed E-state index contributed by atoms with van der Waals surface area (Å²) >= 11 is 0. The fraction of sp³-hybridized carbons (Fsp3) is 0.0556. The average Bonchev–Trinajstić information content (AvgIpc) is 2.67. The summed E-state index contributed by atoms with van der Waals surface area (Å²) in [6.07, 6.45) is 0.775. The molecule has 0 radical (unpaired) electrons. The number of hydrogen-bond donors (Lipinski definition) is 4. The van der Waals surface area contributed by atoms with E-state index in [2.05, 4.69) is 15.2 Å². The molecule has 0 bridgehead atoms. The normalized spacial score (nSPS) is 11.1. The number of H-pyrrole nitrogens is 2.